The van der Waals surface area contributed by atoms with Gasteiger partial charge in [-0.1, -0.05) is 51.5 Å². The molecule has 1 rings (SSSR count). The maximum Gasteiger partial charge on any atom is 0.317 e. The van der Waals surface area contributed by atoms with Crippen molar-refractivity contribution in [1.29, 1.82) is 0 Å². The summed E-state index contributed by atoms with van der Waals surface area (Å²) in [5, 5.41) is 0. The monoisotopic (exact) mass is 330 g/mol. The highest BCUT2D eigenvalue weighted by molar-refractivity contribution is 5.82. The fraction of sp³-hybridized carbons (Fsp3) is 0.591. The zero-order valence-corrected chi connectivity index (χ0v) is 16.7. The van der Waals surface area contributed by atoms with Gasteiger partial charge in [-0.2, -0.15) is 0 Å². The Hall–Kier alpha value is -1.57. The Labute approximate surface area is 148 Å². The van der Waals surface area contributed by atoms with Crippen LogP contribution in [0, 0.1) is 10.8 Å². The fourth-order valence-corrected chi connectivity index (χ4v) is 2.72. The van der Waals surface area contributed by atoms with Gasteiger partial charge in [-0.25, -0.2) is 0 Å². The first kappa shape index (κ1) is 20.5. The molecule has 0 N–H and O–H groups in total. The zero-order valence-electron chi connectivity index (χ0n) is 16.7. The predicted molar refractivity (Wildman–Crippen MR) is 103 cm³/mol. The molecule has 2 heteroatoms. The van der Waals surface area contributed by atoms with E-state index in [4.69, 9.17) is 4.74 Å². The van der Waals surface area contributed by atoms with Crippen LogP contribution in [-0.2, 0) is 9.53 Å². The lowest BCUT2D eigenvalue weighted by atomic mass is 9.98. The molecule has 0 aromatic heterocycles. The number of esters is 1. The second-order valence-corrected chi connectivity index (χ2v) is 7.82. The second kappa shape index (κ2) is 8.00. The van der Waals surface area contributed by atoms with E-state index >= 15 is 0 Å². The SMILES string of the molecule is CC\C(C)=C/C=C(C)/C(=C/C=C(\C)OC(=O)C1(C)CC1(C)C)CC. The van der Waals surface area contributed by atoms with Crippen molar-refractivity contribution in [2.75, 3.05) is 0 Å². The Morgan fingerprint density at radius 1 is 0.958 bits per heavy atom. The minimum atomic E-state index is -0.336. The number of ether oxygens (including phenoxy) is 1. The molecule has 0 aromatic carbocycles. The van der Waals surface area contributed by atoms with Crippen LogP contribution in [-0.4, -0.2) is 5.97 Å². The van der Waals surface area contributed by atoms with Crippen LogP contribution in [0.3, 0.4) is 0 Å². The van der Waals surface area contributed by atoms with Gasteiger partial charge in [0.25, 0.3) is 0 Å². The number of rotatable bonds is 7. The standard InChI is InChI=1S/C22H34O2/c1-9-16(3)11-12-17(4)19(10-2)14-13-18(5)24-20(23)22(8)15-21(22,6)7/h11-14H,9-10,15H2,1-8H3/b16-11-,17-12+,18-13+,19-14+. The van der Waals surface area contributed by atoms with Crippen molar-refractivity contribution in [2.45, 2.75) is 74.7 Å². The van der Waals surface area contributed by atoms with Gasteiger partial charge in [0, 0.05) is 0 Å². The topological polar surface area (TPSA) is 26.3 Å². The van der Waals surface area contributed by atoms with Gasteiger partial charge in [0.05, 0.1) is 5.41 Å². The normalized spacial score (nSPS) is 24.8. The van der Waals surface area contributed by atoms with E-state index in [0.717, 1.165) is 19.3 Å². The predicted octanol–water partition coefficient (Wildman–Crippen LogP) is 6.51. The summed E-state index contributed by atoms with van der Waals surface area (Å²) < 4.78 is 5.55. The zero-order chi connectivity index (χ0) is 18.5. The van der Waals surface area contributed by atoms with Crippen molar-refractivity contribution in [2.24, 2.45) is 10.8 Å². The third-order valence-corrected chi connectivity index (χ3v) is 5.45. The van der Waals surface area contributed by atoms with Crippen molar-refractivity contribution in [3.8, 4) is 0 Å². The van der Waals surface area contributed by atoms with E-state index in [1.165, 1.54) is 16.7 Å². The molecular weight excluding hydrogens is 296 g/mol. The van der Waals surface area contributed by atoms with Gasteiger partial charge in [-0.05, 0) is 69.6 Å². The number of hydrogen-bond donors (Lipinski definition) is 0. The van der Waals surface area contributed by atoms with E-state index in [9.17, 15) is 4.79 Å². The van der Waals surface area contributed by atoms with Crippen LogP contribution in [0.5, 0.6) is 0 Å². The Morgan fingerprint density at radius 3 is 2.00 bits per heavy atom. The highest BCUT2D eigenvalue weighted by Crippen LogP contribution is 2.63. The number of hydrogen-bond acceptors (Lipinski definition) is 2. The molecule has 0 bridgehead atoms. The van der Waals surface area contributed by atoms with Crippen LogP contribution in [0.15, 0.2) is 46.8 Å². The number of allylic oxidation sites excluding steroid dienone is 8. The lowest BCUT2D eigenvalue weighted by molar-refractivity contribution is -0.146. The summed E-state index contributed by atoms with van der Waals surface area (Å²) in [6, 6.07) is 0. The molecule has 0 spiro atoms. The Balaban J connectivity index is 2.79. The molecule has 134 valence electrons. The van der Waals surface area contributed by atoms with Gasteiger partial charge >= 0.3 is 5.97 Å². The molecule has 1 aliphatic rings. The second-order valence-electron chi connectivity index (χ2n) is 7.82. The van der Waals surface area contributed by atoms with Crippen LogP contribution in [0.25, 0.3) is 0 Å². The van der Waals surface area contributed by atoms with Gasteiger partial charge in [-0.3, -0.25) is 4.79 Å². The summed E-state index contributed by atoms with van der Waals surface area (Å²) in [7, 11) is 0. The van der Waals surface area contributed by atoms with Crippen LogP contribution < -0.4 is 0 Å². The molecule has 0 aliphatic heterocycles. The summed E-state index contributed by atoms with van der Waals surface area (Å²) >= 11 is 0. The number of carbonyl (C=O) groups is 1. The molecule has 0 radical (unpaired) electrons. The lowest BCUT2D eigenvalue weighted by Crippen LogP contribution is -2.20. The van der Waals surface area contributed by atoms with E-state index in [1.54, 1.807) is 0 Å². The van der Waals surface area contributed by atoms with Gasteiger partial charge < -0.3 is 4.74 Å². The van der Waals surface area contributed by atoms with E-state index in [1.807, 2.05) is 19.9 Å². The average molecular weight is 331 g/mol. The van der Waals surface area contributed by atoms with E-state index in [-0.39, 0.29) is 16.8 Å². The minimum absolute atomic E-state index is 0.0532. The molecule has 1 unspecified atom stereocenters. The molecule has 24 heavy (non-hydrogen) atoms. The first-order chi connectivity index (χ1) is 11.1. The molecule has 0 aromatic rings. The number of carbonyl (C=O) groups excluding carboxylic acids is 1. The van der Waals surface area contributed by atoms with Crippen molar-refractivity contribution in [3.63, 3.8) is 0 Å². The molecule has 2 nitrogen and oxygen atoms in total. The first-order valence-electron chi connectivity index (χ1n) is 9.01. The Bertz CT molecular complexity index is 599. The molecule has 0 heterocycles. The van der Waals surface area contributed by atoms with Gasteiger partial charge in [0.1, 0.15) is 5.76 Å². The summed E-state index contributed by atoms with van der Waals surface area (Å²) in [5.41, 5.74) is 3.58. The summed E-state index contributed by atoms with van der Waals surface area (Å²) in [5.74, 6) is 0.546. The van der Waals surface area contributed by atoms with Crippen LogP contribution in [0.4, 0.5) is 0 Å². The van der Waals surface area contributed by atoms with Crippen LogP contribution >= 0.6 is 0 Å². The van der Waals surface area contributed by atoms with Gasteiger partial charge in [0.15, 0.2) is 0 Å². The van der Waals surface area contributed by atoms with Crippen LogP contribution in [0.2, 0.25) is 0 Å². The third kappa shape index (κ3) is 4.96. The highest BCUT2D eigenvalue weighted by atomic mass is 16.5. The maximum atomic E-state index is 12.3. The Kier molecular flexibility index (Phi) is 6.83. The van der Waals surface area contributed by atoms with Crippen molar-refractivity contribution in [3.05, 3.63) is 46.8 Å². The van der Waals surface area contributed by atoms with Crippen molar-refractivity contribution < 1.29 is 9.53 Å². The van der Waals surface area contributed by atoms with E-state index < -0.39 is 0 Å². The van der Waals surface area contributed by atoms with Gasteiger partial charge in [-0.15, -0.1) is 0 Å². The fourth-order valence-electron chi connectivity index (χ4n) is 2.72. The molecular formula is C22H34O2. The highest BCUT2D eigenvalue weighted by Gasteiger charge is 2.63. The summed E-state index contributed by atoms with van der Waals surface area (Å²) in [6.45, 7) is 16.6. The van der Waals surface area contributed by atoms with Crippen LogP contribution in [0.1, 0.15) is 74.7 Å². The third-order valence-electron chi connectivity index (χ3n) is 5.45. The van der Waals surface area contributed by atoms with Crippen molar-refractivity contribution >= 4 is 5.97 Å². The lowest BCUT2D eigenvalue weighted by Gasteiger charge is -2.13. The minimum Gasteiger partial charge on any atom is -0.431 e. The smallest absolute Gasteiger partial charge is 0.317 e. The molecule has 1 saturated carbocycles. The molecule has 0 saturated heterocycles. The molecule has 1 fully saturated rings. The summed E-state index contributed by atoms with van der Waals surface area (Å²) in [6.07, 6.45) is 11.2. The average Bonchev–Trinajstić information content (AvgIpc) is 3.05. The molecule has 1 aliphatic carbocycles. The maximum absolute atomic E-state index is 12.3. The molecule has 1 atom stereocenters. The first-order valence-corrected chi connectivity index (χ1v) is 9.01. The van der Waals surface area contributed by atoms with Gasteiger partial charge in [0.2, 0.25) is 0 Å². The quantitative estimate of drug-likeness (QED) is 0.302. The summed E-state index contributed by atoms with van der Waals surface area (Å²) in [4.78, 5) is 12.3. The Morgan fingerprint density at radius 2 is 1.54 bits per heavy atom. The van der Waals surface area contributed by atoms with Crippen molar-refractivity contribution in [1.82, 2.24) is 0 Å². The molecule has 0 amide bonds. The van der Waals surface area contributed by atoms with E-state index in [2.05, 4.69) is 59.8 Å². The largest absolute Gasteiger partial charge is 0.431 e. The van der Waals surface area contributed by atoms with E-state index in [0.29, 0.717) is 5.76 Å².